The zero-order valence-corrected chi connectivity index (χ0v) is 13.6. The van der Waals surface area contributed by atoms with Crippen LogP contribution in [0.2, 0.25) is 5.02 Å². The van der Waals surface area contributed by atoms with Gasteiger partial charge in [-0.25, -0.2) is 0 Å². The van der Waals surface area contributed by atoms with E-state index in [1.54, 1.807) is 0 Å². The minimum absolute atomic E-state index is 0.234. The number of halogens is 1. The second kappa shape index (κ2) is 7.53. The molecule has 0 aliphatic heterocycles. The average molecular weight is 304 g/mol. The molecule has 3 nitrogen and oxygen atoms in total. The molecule has 0 aliphatic carbocycles. The highest BCUT2D eigenvalue weighted by molar-refractivity contribution is 6.30. The summed E-state index contributed by atoms with van der Waals surface area (Å²) in [5.41, 5.74) is 4.49. The second-order valence-corrected chi connectivity index (χ2v) is 5.62. The number of rotatable bonds is 6. The van der Waals surface area contributed by atoms with E-state index >= 15 is 0 Å². The van der Waals surface area contributed by atoms with E-state index in [0.29, 0.717) is 0 Å². The zero-order chi connectivity index (χ0) is 15.2. The third-order valence-corrected chi connectivity index (χ3v) is 3.75. The molecule has 1 aromatic carbocycles. The van der Waals surface area contributed by atoms with Crippen LogP contribution in [0.25, 0.3) is 0 Å². The van der Waals surface area contributed by atoms with Gasteiger partial charge in [0.15, 0.2) is 0 Å². The van der Waals surface area contributed by atoms with Gasteiger partial charge in [-0.15, -0.1) is 0 Å². The normalized spacial score (nSPS) is 12.4. The molecule has 0 saturated heterocycles. The van der Waals surface area contributed by atoms with Crippen LogP contribution in [0.3, 0.4) is 0 Å². The fourth-order valence-electron chi connectivity index (χ4n) is 2.55. The van der Waals surface area contributed by atoms with Gasteiger partial charge in [-0.3, -0.25) is 0 Å². The van der Waals surface area contributed by atoms with Crippen molar-refractivity contribution in [3.8, 4) is 0 Å². The Balaban J connectivity index is 2.32. The molecule has 0 amide bonds. The number of hydrogen-bond acceptors (Lipinski definition) is 3. The van der Waals surface area contributed by atoms with Gasteiger partial charge in [0, 0.05) is 11.1 Å². The summed E-state index contributed by atoms with van der Waals surface area (Å²) in [6, 6.07) is 10.4. The second-order valence-electron chi connectivity index (χ2n) is 5.19. The van der Waals surface area contributed by atoms with E-state index in [-0.39, 0.29) is 6.04 Å². The summed E-state index contributed by atoms with van der Waals surface area (Å²) in [5, 5.41) is 12.9. The summed E-state index contributed by atoms with van der Waals surface area (Å²) in [5.74, 6) is 0. The fraction of sp³-hybridized carbons (Fsp3) is 0.412. The number of nitrogens with one attached hydrogen (secondary N) is 1. The van der Waals surface area contributed by atoms with Crippen molar-refractivity contribution >= 4 is 11.6 Å². The van der Waals surface area contributed by atoms with Crippen molar-refractivity contribution in [3.05, 3.63) is 57.9 Å². The third kappa shape index (κ3) is 4.26. The molecule has 1 aromatic heterocycles. The van der Waals surface area contributed by atoms with E-state index < -0.39 is 0 Å². The molecule has 0 aliphatic rings. The first kappa shape index (κ1) is 15.9. The molecule has 1 unspecified atom stereocenters. The van der Waals surface area contributed by atoms with Crippen LogP contribution in [0.1, 0.15) is 42.4 Å². The van der Waals surface area contributed by atoms with E-state index in [9.17, 15) is 0 Å². The molecular weight excluding hydrogens is 282 g/mol. The molecule has 0 bridgehead atoms. The van der Waals surface area contributed by atoms with E-state index in [1.165, 1.54) is 11.1 Å². The van der Waals surface area contributed by atoms with E-state index in [2.05, 4.69) is 41.5 Å². The van der Waals surface area contributed by atoms with Gasteiger partial charge in [0.1, 0.15) is 0 Å². The first-order chi connectivity index (χ1) is 10.1. The number of nitrogens with zero attached hydrogens (tertiary/aromatic N) is 2. The lowest BCUT2D eigenvalue weighted by Crippen LogP contribution is -2.25. The number of likely N-dealkylation sites (N-methyl/N-ethyl adjacent to an activating group) is 1. The van der Waals surface area contributed by atoms with Crippen LogP contribution in [0.4, 0.5) is 0 Å². The summed E-state index contributed by atoms with van der Waals surface area (Å²) < 4.78 is 0. The fourth-order valence-corrected chi connectivity index (χ4v) is 2.76. The maximum Gasteiger partial charge on any atom is 0.0676 e. The topological polar surface area (TPSA) is 37.8 Å². The van der Waals surface area contributed by atoms with Crippen molar-refractivity contribution < 1.29 is 0 Å². The van der Waals surface area contributed by atoms with Crippen molar-refractivity contribution in [3.63, 3.8) is 0 Å². The molecule has 0 fully saturated rings. The van der Waals surface area contributed by atoms with Crippen molar-refractivity contribution in [2.75, 3.05) is 6.54 Å². The van der Waals surface area contributed by atoms with E-state index in [0.717, 1.165) is 35.8 Å². The summed E-state index contributed by atoms with van der Waals surface area (Å²) in [7, 11) is 0. The summed E-state index contributed by atoms with van der Waals surface area (Å²) >= 11 is 6.09. The Bertz CT molecular complexity index is 598. The van der Waals surface area contributed by atoms with Crippen LogP contribution >= 0.6 is 11.6 Å². The maximum atomic E-state index is 6.09. The minimum atomic E-state index is 0.234. The SMILES string of the molecule is CCNC(Cc1cccc(Cl)c1)c1cc(C)nnc1CC. The number of hydrogen-bond donors (Lipinski definition) is 1. The number of aromatic nitrogens is 2. The molecule has 2 aromatic rings. The van der Waals surface area contributed by atoms with Crippen LogP contribution in [-0.4, -0.2) is 16.7 Å². The Kier molecular flexibility index (Phi) is 5.71. The molecule has 1 atom stereocenters. The smallest absolute Gasteiger partial charge is 0.0676 e. The van der Waals surface area contributed by atoms with E-state index in [4.69, 9.17) is 11.6 Å². The first-order valence-electron chi connectivity index (χ1n) is 7.45. The van der Waals surface area contributed by atoms with Gasteiger partial charge >= 0.3 is 0 Å². The first-order valence-corrected chi connectivity index (χ1v) is 7.82. The molecule has 112 valence electrons. The van der Waals surface area contributed by atoms with Crippen molar-refractivity contribution in [2.24, 2.45) is 0 Å². The molecule has 0 saturated carbocycles. The summed E-state index contributed by atoms with van der Waals surface area (Å²) in [4.78, 5) is 0. The highest BCUT2D eigenvalue weighted by atomic mass is 35.5. The Labute approximate surface area is 131 Å². The van der Waals surface area contributed by atoms with Gasteiger partial charge in [-0.1, -0.05) is 37.6 Å². The largest absolute Gasteiger partial charge is 0.310 e. The predicted molar refractivity (Wildman–Crippen MR) is 87.7 cm³/mol. The predicted octanol–water partition coefficient (Wildman–Crippen LogP) is 3.89. The molecular formula is C17H22ClN3. The Hall–Kier alpha value is -1.45. The number of benzene rings is 1. The standard InChI is InChI=1S/C17H22ClN3/c1-4-16-15(9-12(3)20-21-16)17(19-5-2)11-13-7-6-8-14(18)10-13/h6-10,17,19H,4-5,11H2,1-3H3. The molecule has 2 rings (SSSR count). The molecule has 0 spiro atoms. The molecule has 1 N–H and O–H groups in total. The molecule has 0 radical (unpaired) electrons. The van der Waals surface area contributed by atoms with Crippen molar-refractivity contribution in [1.82, 2.24) is 15.5 Å². The Morgan fingerprint density at radius 1 is 1.19 bits per heavy atom. The quantitative estimate of drug-likeness (QED) is 0.879. The lowest BCUT2D eigenvalue weighted by atomic mass is 9.96. The van der Waals surface area contributed by atoms with Crippen LogP contribution in [0, 0.1) is 6.92 Å². The van der Waals surface area contributed by atoms with Crippen molar-refractivity contribution in [1.29, 1.82) is 0 Å². The summed E-state index contributed by atoms with van der Waals surface area (Å²) in [6.45, 7) is 7.14. The van der Waals surface area contributed by atoms with Crippen LogP contribution in [-0.2, 0) is 12.8 Å². The van der Waals surface area contributed by atoms with Gasteiger partial charge in [-0.05, 0) is 55.6 Å². The third-order valence-electron chi connectivity index (χ3n) is 3.52. The van der Waals surface area contributed by atoms with Crippen LogP contribution < -0.4 is 5.32 Å². The zero-order valence-electron chi connectivity index (χ0n) is 12.9. The highest BCUT2D eigenvalue weighted by Crippen LogP contribution is 2.23. The summed E-state index contributed by atoms with van der Waals surface area (Å²) in [6.07, 6.45) is 1.78. The van der Waals surface area contributed by atoms with Crippen LogP contribution in [0.15, 0.2) is 30.3 Å². The van der Waals surface area contributed by atoms with Crippen molar-refractivity contribution in [2.45, 2.75) is 39.7 Å². The van der Waals surface area contributed by atoms with Gasteiger partial charge in [0.05, 0.1) is 11.4 Å². The van der Waals surface area contributed by atoms with Gasteiger partial charge in [0.2, 0.25) is 0 Å². The minimum Gasteiger partial charge on any atom is -0.310 e. The lowest BCUT2D eigenvalue weighted by molar-refractivity contribution is 0.540. The van der Waals surface area contributed by atoms with E-state index in [1.807, 2.05) is 25.1 Å². The molecule has 4 heteroatoms. The average Bonchev–Trinajstić information content (AvgIpc) is 2.47. The van der Waals surface area contributed by atoms with Gasteiger partial charge < -0.3 is 5.32 Å². The van der Waals surface area contributed by atoms with Crippen LogP contribution in [0.5, 0.6) is 0 Å². The Morgan fingerprint density at radius 2 is 2.00 bits per heavy atom. The van der Waals surface area contributed by atoms with Gasteiger partial charge in [0.25, 0.3) is 0 Å². The lowest BCUT2D eigenvalue weighted by Gasteiger charge is -2.21. The number of aryl methyl sites for hydroxylation is 2. The Morgan fingerprint density at radius 3 is 2.67 bits per heavy atom. The molecule has 21 heavy (non-hydrogen) atoms. The van der Waals surface area contributed by atoms with Gasteiger partial charge in [-0.2, -0.15) is 10.2 Å². The maximum absolute atomic E-state index is 6.09. The molecule has 1 heterocycles. The highest BCUT2D eigenvalue weighted by Gasteiger charge is 2.16. The monoisotopic (exact) mass is 303 g/mol.